The van der Waals surface area contributed by atoms with Crippen molar-refractivity contribution in [3.05, 3.63) is 70.8 Å². The van der Waals surface area contributed by atoms with Gasteiger partial charge in [-0.25, -0.2) is 14.7 Å². The number of hydrogen-bond donors (Lipinski definition) is 4. The van der Waals surface area contributed by atoms with Crippen LogP contribution < -0.4 is 16.3 Å². The van der Waals surface area contributed by atoms with Gasteiger partial charge in [-0.2, -0.15) is 10.2 Å². The number of rotatable bonds is 7. The normalized spacial score (nSPS) is 19.4. The van der Waals surface area contributed by atoms with Crippen molar-refractivity contribution in [3.63, 3.8) is 0 Å². The number of piperidine rings is 2. The summed E-state index contributed by atoms with van der Waals surface area (Å²) < 4.78 is 1.72. The van der Waals surface area contributed by atoms with Crippen molar-refractivity contribution >= 4 is 22.8 Å². The maximum atomic E-state index is 14.0. The number of likely N-dealkylation sites (tertiary alicyclic amines) is 2. The Hall–Kier alpha value is -4.49. The number of H-pyrrole nitrogens is 2. The zero-order valence-electron chi connectivity index (χ0n) is 26.0. The molecule has 3 amide bonds. The van der Waals surface area contributed by atoms with E-state index in [2.05, 4.69) is 35.9 Å². The third-order valence-corrected chi connectivity index (χ3v) is 9.84. The van der Waals surface area contributed by atoms with Gasteiger partial charge in [0.1, 0.15) is 6.04 Å². The van der Waals surface area contributed by atoms with Crippen molar-refractivity contribution in [1.29, 1.82) is 0 Å². The Labute approximate surface area is 267 Å². The van der Waals surface area contributed by atoms with E-state index in [1.807, 2.05) is 53.4 Å². The first-order valence-electron chi connectivity index (χ1n) is 16.5. The first-order valence-corrected chi connectivity index (χ1v) is 16.5. The number of nitrogens with zero attached hydrogens (tertiary/aromatic N) is 6. The van der Waals surface area contributed by atoms with E-state index in [0.717, 1.165) is 61.1 Å². The standard InChI is InChI=1S/C33H42N10O3/c44-31(41-14-8-26(9-15-41)40-18-12-34-13-19-40)29(21-23-6-7-28-25(20-23)22-35-37-28)36-32(45)42-16-10-27(11-17-42)43-30(38-39-33(43)46)24-4-2-1-3-5-24/h1-7,20,22,26-27,29,34H,8-19,21H2,(H,35,37)(H,36,45)(H,39,46). The first-order chi connectivity index (χ1) is 22.5. The third kappa shape index (κ3) is 6.42. The Morgan fingerprint density at radius 2 is 1.59 bits per heavy atom. The van der Waals surface area contributed by atoms with Crippen LogP contribution in [-0.2, 0) is 11.2 Å². The molecule has 3 fully saturated rings. The zero-order valence-corrected chi connectivity index (χ0v) is 26.0. The van der Waals surface area contributed by atoms with Crippen molar-refractivity contribution in [2.75, 3.05) is 52.4 Å². The first kappa shape index (κ1) is 30.2. The molecule has 1 unspecified atom stereocenters. The molecule has 242 valence electrons. The van der Waals surface area contributed by atoms with Crippen LogP contribution in [0, 0.1) is 0 Å². The van der Waals surface area contributed by atoms with Gasteiger partial charge in [0.05, 0.1) is 11.7 Å². The fourth-order valence-corrected chi connectivity index (χ4v) is 7.28. The molecule has 0 radical (unpaired) electrons. The summed E-state index contributed by atoms with van der Waals surface area (Å²) in [7, 11) is 0. The summed E-state index contributed by atoms with van der Waals surface area (Å²) >= 11 is 0. The number of piperazine rings is 1. The number of amides is 3. The lowest BCUT2D eigenvalue weighted by atomic mass is 9.99. The Morgan fingerprint density at radius 1 is 0.870 bits per heavy atom. The lowest BCUT2D eigenvalue weighted by Crippen LogP contribution is -2.57. The lowest BCUT2D eigenvalue weighted by Gasteiger charge is -2.41. The van der Waals surface area contributed by atoms with Crippen molar-refractivity contribution in [2.45, 2.75) is 50.2 Å². The van der Waals surface area contributed by atoms with Crippen LogP contribution in [0.5, 0.6) is 0 Å². The molecule has 0 aliphatic carbocycles. The van der Waals surface area contributed by atoms with Gasteiger partial charge in [-0.1, -0.05) is 36.4 Å². The minimum Gasteiger partial charge on any atom is -0.341 e. The molecule has 7 rings (SSSR count). The van der Waals surface area contributed by atoms with Crippen LogP contribution in [-0.4, -0.2) is 116 Å². The number of fused-ring (bicyclic) bond motifs is 1. The van der Waals surface area contributed by atoms with Gasteiger partial charge in [0.15, 0.2) is 5.82 Å². The Morgan fingerprint density at radius 3 is 2.35 bits per heavy atom. The summed E-state index contributed by atoms with van der Waals surface area (Å²) in [6.45, 7) is 6.45. The molecule has 46 heavy (non-hydrogen) atoms. The highest BCUT2D eigenvalue weighted by molar-refractivity contribution is 5.88. The van der Waals surface area contributed by atoms with Crippen LogP contribution in [0.3, 0.4) is 0 Å². The van der Waals surface area contributed by atoms with Crippen molar-refractivity contribution in [3.8, 4) is 11.4 Å². The molecule has 5 heterocycles. The second-order valence-corrected chi connectivity index (χ2v) is 12.6. The molecule has 3 aliphatic rings. The minimum atomic E-state index is -0.688. The fourth-order valence-electron chi connectivity index (χ4n) is 7.28. The van der Waals surface area contributed by atoms with Crippen LogP contribution >= 0.6 is 0 Å². The summed E-state index contributed by atoms with van der Waals surface area (Å²) in [6, 6.07) is 15.1. The molecule has 13 nitrogen and oxygen atoms in total. The summed E-state index contributed by atoms with van der Waals surface area (Å²) in [5.74, 6) is 0.571. The average molecular weight is 627 g/mol. The predicted molar refractivity (Wildman–Crippen MR) is 174 cm³/mol. The van der Waals surface area contributed by atoms with Gasteiger partial charge in [0, 0.05) is 81.8 Å². The van der Waals surface area contributed by atoms with E-state index in [-0.39, 0.29) is 23.7 Å². The quantitative estimate of drug-likeness (QED) is 0.245. The SMILES string of the molecule is O=C(NC(Cc1ccc2[nH]ncc2c1)C(=O)N1CCC(N2CCNCC2)CC1)N1CCC(n2c(-c3ccccc3)n[nH]c2=O)CC1. The van der Waals surface area contributed by atoms with Gasteiger partial charge in [-0.15, -0.1) is 0 Å². The maximum Gasteiger partial charge on any atom is 0.343 e. The zero-order chi connectivity index (χ0) is 31.5. The molecule has 13 heteroatoms. The Kier molecular flexibility index (Phi) is 8.84. The number of aromatic nitrogens is 5. The number of carbonyl (C=O) groups excluding carboxylic acids is 2. The van der Waals surface area contributed by atoms with Crippen molar-refractivity contribution in [2.24, 2.45) is 0 Å². The van der Waals surface area contributed by atoms with Crippen molar-refractivity contribution in [1.82, 2.24) is 50.3 Å². The van der Waals surface area contributed by atoms with Crippen molar-refractivity contribution < 1.29 is 9.59 Å². The molecular formula is C33H42N10O3. The largest absolute Gasteiger partial charge is 0.343 e. The number of carbonyl (C=O) groups is 2. The van der Waals surface area contributed by atoms with Crippen LogP contribution in [0.1, 0.15) is 37.3 Å². The topological polar surface area (TPSA) is 147 Å². The highest BCUT2D eigenvalue weighted by atomic mass is 16.2. The molecule has 0 spiro atoms. The molecule has 1 atom stereocenters. The van der Waals surface area contributed by atoms with Crippen LogP contribution in [0.2, 0.25) is 0 Å². The molecule has 3 saturated heterocycles. The Bertz CT molecular complexity index is 1690. The summed E-state index contributed by atoms with van der Waals surface area (Å²) in [5, 5.41) is 21.5. The van der Waals surface area contributed by atoms with Crippen LogP contribution in [0.15, 0.2) is 59.5 Å². The van der Waals surface area contributed by atoms with E-state index in [1.54, 1.807) is 15.7 Å². The monoisotopic (exact) mass is 626 g/mol. The fraction of sp³-hybridized carbons (Fsp3) is 0.485. The third-order valence-electron chi connectivity index (χ3n) is 9.84. The molecule has 3 aliphatic heterocycles. The molecule has 2 aromatic carbocycles. The van der Waals surface area contributed by atoms with E-state index in [4.69, 9.17) is 0 Å². The average Bonchev–Trinajstić information content (AvgIpc) is 3.74. The molecule has 4 N–H and O–H groups in total. The number of benzene rings is 2. The van der Waals surface area contributed by atoms with Crippen LogP contribution in [0.4, 0.5) is 4.79 Å². The number of urea groups is 1. The van der Waals surface area contributed by atoms with Gasteiger partial charge in [-0.05, 0) is 43.4 Å². The summed E-state index contributed by atoms with van der Waals surface area (Å²) in [5.41, 5.74) is 2.52. The van der Waals surface area contributed by atoms with Gasteiger partial charge in [-0.3, -0.25) is 19.4 Å². The maximum absolute atomic E-state index is 14.0. The Balaban J connectivity index is 1.02. The lowest BCUT2D eigenvalue weighted by molar-refractivity contribution is -0.134. The number of aromatic amines is 2. The highest BCUT2D eigenvalue weighted by Crippen LogP contribution is 2.26. The summed E-state index contributed by atoms with van der Waals surface area (Å²) in [4.78, 5) is 46.7. The molecule has 0 bridgehead atoms. The van der Waals surface area contributed by atoms with Gasteiger partial charge >= 0.3 is 11.7 Å². The molecule has 2 aromatic heterocycles. The second kappa shape index (κ2) is 13.5. The molecule has 0 saturated carbocycles. The smallest absolute Gasteiger partial charge is 0.341 e. The highest BCUT2D eigenvalue weighted by Gasteiger charge is 2.34. The van der Waals surface area contributed by atoms with E-state index in [1.165, 1.54) is 0 Å². The minimum absolute atomic E-state index is 0.0354. The molecular weight excluding hydrogens is 584 g/mol. The summed E-state index contributed by atoms with van der Waals surface area (Å²) in [6.07, 6.45) is 5.28. The molecule has 4 aromatic rings. The van der Waals surface area contributed by atoms with E-state index in [0.29, 0.717) is 57.3 Å². The van der Waals surface area contributed by atoms with Gasteiger partial charge in [0.25, 0.3) is 0 Å². The second-order valence-electron chi connectivity index (χ2n) is 12.6. The van der Waals surface area contributed by atoms with Gasteiger partial charge in [0.2, 0.25) is 5.91 Å². The predicted octanol–water partition coefficient (Wildman–Crippen LogP) is 1.97. The van der Waals surface area contributed by atoms with Gasteiger partial charge < -0.3 is 20.4 Å². The van der Waals surface area contributed by atoms with E-state index < -0.39 is 6.04 Å². The number of nitrogens with one attached hydrogen (secondary N) is 4. The van der Waals surface area contributed by atoms with Crippen LogP contribution in [0.25, 0.3) is 22.3 Å². The van der Waals surface area contributed by atoms with E-state index >= 15 is 0 Å². The van der Waals surface area contributed by atoms with E-state index in [9.17, 15) is 14.4 Å². The number of hydrogen-bond acceptors (Lipinski definition) is 7.